The first-order valence-corrected chi connectivity index (χ1v) is 8.45. The van der Waals surface area contributed by atoms with Gasteiger partial charge in [0.1, 0.15) is 6.04 Å². The first-order valence-electron chi connectivity index (χ1n) is 8.08. The molecule has 0 bridgehead atoms. The topological polar surface area (TPSA) is 92.4 Å². The number of carboxylic acids is 1. The molecule has 2 aromatic rings. The Bertz CT molecular complexity index is 725. The van der Waals surface area contributed by atoms with E-state index in [0.717, 1.165) is 5.56 Å². The van der Waals surface area contributed by atoms with Crippen molar-refractivity contribution in [2.45, 2.75) is 39.2 Å². The van der Waals surface area contributed by atoms with Crippen LogP contribution in [0.5, 0.6) is 0 Å². The normalized spacial score (nSPS) is 12.2. The highest BCUT2D eigenvalue weighted by Gasteiger charge is 2.21. The third-order valence-electron chi connectivity index (χ3n) is 3.59. The number of nitrogens with one attached hydrogen (secondary N) is 1. The molecule has 0 aliphatic carbocycles. The van der Waals surface area contributed by atoms with E-state index >= 15 is 0 Å². The molecule has 0 unspecified atom stereocenters. The van der Waals surface area contributed by atoms with Gasteiger partial charge in [-0.25, -0.2) is 9.78 Å². The molecule has 0 spiro atoms. The third kappa shape index (κ3) is 5.90. The quantitative estimate of drug-likeness (QED) is 0.747. The molecule has 6 nitrogen and oxygen atoms in total. The van der Waals surface area contributed by atoms with E-state index in [1.807, 2.05) is 26.0 Å². The van der Waals surface area contributed by atoms with Gasteiger partial charge in [0, 0.05) is 23.4 Å². The molecule has 2 N–H and O–H groups in total. The number of oxazole rings is 1. The number of carboxylic acid groups (broad SMARTS) is 1. The Balaban J connectivity index is 1.89. The number of amides is 1. The molecule has 1 aromatic heterocycles. The van der Waals surface area contributed by atoms with E-state index in [-0.39, 0.29) is 18.2 Å². The zero-order valence-corrected chi connectivity index (χ0v) is 14.9. The number of hydrogen-bond acceptors (Lipinski definition) is 4. The Morgan fingerprint density at radius 1 is 1.28 bits per heavy atom. The summed E-state index contributed by atoms with van der Waals surface area (Å²) < 4.78 is 5.63. The van der Waals surface area contributed by atoms with Gasteiger partial charge in [0.2, 0.25) is 5.91 Å². The lowest BCUT2D eigenvalue weighted by Crippen LogP contribution is -2.41. The fourth-order valence-corrected chi connectivity index (χ4v) is 2.48. The Kier molecular flexibility index (Phi) is 6.58. The van der Waals surface area contributed by atoms with Gasteiger partial charge in [-0.15, -0.1) is 0 Å². The number of halogens is 1. The highest BCUT2D eigenvalue weighted by Crippen LogP contribution is 2.22. The molecule has 1 atom stereocenters. The van der Waals surface area contributed by atoms with Gasteiger partial charge in [0.05, 0.1) is 6.20 Å². The minimum atomic E-state index is -1.02. The van der Waals surface area contributed by atoms with Crippen LogP contribution < -0.4 is 5.32 Å². The molecule has 7 heteroatoms. The first-order chi connectivity index (χ1) is 11.8. The molecular formula is C18H21ClN2O4. The van der Waals surface area contributed by atoms with E-state index < -0.39 is 12.0 Å². The van der Waals surface area contributed by atoms with Crippen LogP contribution in [0.2, 0.25) is 5.02 Å². The van der Waals surface area contributed by atoms with Crippen LogP contribution in [-0.4, -0.2) is 28.0 Å². The van der Waals surface area contributed by atoms with E-state index in [1.165, 1.54) is 0 Å². The lowest BCUT2D eigenvalue weighted by Gasteiger charge is -2.16. The van der Waals surface area contributed by atoms with Crippen molar-refractivity contribution in [3.05, 3.63) is 41.4 Å². The average Bonchev–Trinajstić information content (AvgIpc) is 3.01. The van der Waals surface area contributed by atoms with E-state index in [4.69, 9.17) is 21.1 Å². The summed E-state index contributed by atoms with van der Waals surface area (Å²) in [6.07, 6.45) is 2.39. The van der Waals surface area contributed by atoms with E-state index in [1.54, 1.807) is 18.3 Å². The van der Waals surface area contributed by atoms with Crippen LogP contribution in [0.25, 0.3) is 11.3 Å². The second kappa shape index (κ2) is 8.67. The Morgan fingerprint density at radius 3 is 2.56 bits per heavy atom. The number of aromatic nitrogens is 1. The monoisotopic (exact) mass is 364 g/mol. The number of aryl methyl sites for hydroxylation is 1. The van der Waals surface area contributed by atoms with Crippen LogP contribution in [0.1, 0.15) is 32.6 Å². The number of benzene rings is 1. The Labute approximate surface area is 151 Å². The van der Waals surface area contributed by atoms with Crippen molar-refractivity contribution in [2.24, 2.45) is 5.92 Å². The fourth-order valence-electron chi connectivity index (χ4n) is 2.35. The smallest absolute Gasteiger partial charge is 0.326 e. The van der Waals surface area contributed by atoms with Crippen molar-refractivity contribution in [1.82, 2.24) is 10.3 Å². The molecule has 134 valence electrons. The lowest BCUT2D eigenvalue weighted by atomic mass is 10.0. The first kappa shape index (κ1) is 19.0. The summed E-state index contributed by atoms with van der Waals surface area (Å²) in [7, 11) is 0. The molecule has 1 amide bonds. The minimum Gasteiger partial charge on any atom is -0.480 e. The molecule has 0 radical (unpaired) electrons. The summed E-state index contributed by atoms with van der Waals surface area (Å²) in [5.41, 5.74) is 0.843. The minimum absolute atomic E-state index is 0.114. The standard InChI is InChI=1S/C18H21ClN2O4/c1-11(2)9-14(18(23)24)21-16(22)7-8-17-20-10-15(25-17)12-3-5-13(19)6-4-12/h3-6,10-11,14H,7-9H2,1-2H3,(H,21,22)(H,23,24)/t14-/m1/s1. The largest absolute Gasteiger partial charge is 0.480 e. The second-order valence-corrected chi connectivity index (χ2v) is 6.65. The summed E-state index contributed by atoms with van der Waals surface area (Å²) in [5, 5.41) is 12.3. The van der Waals surface area contributed by atoms with Gasteiger partial charge >= 0.3 is 5.97 Å². The number of aliphatic carboxylic acids is 1. The van der Waals surface area contributed by atoms with Crippen LogP contribution in [0, 0.1) is 5.92 Å². The van der Waals surface area contributed by atoms with Crippen molar-refractivity contribution in [3.63, 3.8) is 0 Å². The zero-order valence-electron chi connectivity index (χ0n) is 14.2. The van der Waals surface area contributed by atoms with Gasteiger partial charge in [0.25, 0.3) is 0 Å². The molecule has 0 fully saturated rings. The summed E-state index contributed by atoms with van der Waals surface area (Å²) in [5.74, 6) is -0.163. The predicted molar refractivity (Wildman–Crippen MR) is 94.3 cm³/mol. The molecule has 0 saturated carbocycles. The van der Waals surface area contributed by atoms with Crippen molar-refractivity contribution in [2.75, 3.05) is 0 Å². The SMILES string of the molecule is CC(C)C[C@@H](NC(=O)CCc1ncc(-c2ccc(Cl)cc2)o1)C(=O)O. The number of carbonyl (C=O) groups is 2. The zero-order chi connectivity index (χ0) is 18.4. The van der Waals surface area contributed by atoms with Crippen molar-refractivity contribution >= 4 is 23.5 Å². The summed E-state index contributed by atoms with van der Waals surface area (Å²) in [6, 6.07) is 6.29. The van der Waals surface area contributed by atoms with Gasteiger partial charge in [0.15, 0.2) is 11.7 Å². The fraction of sp³-hybridized carbons (Fsp3) is 0.389. The van der Waals surface area contributed by atoms with Crippen LogP contribution in [0.15, 0.2) is 34.9 Å². The molecule has 25 heavy (non-hydrogen) atoms. The van der Waals surface area contributed by atoms with Gasteiger partial charge in [-0.3, -0.25) is 4.79 Å². The summed E-state index contributed by atoms with van der Waals surface area (Å²) in [4.78, 5) is 27.3. The van der Waals surface area contributed by atoms with Gasteiger partial charge in [-0.05, 0) is 36.6 Å². The maximum Gasteiger partial charge on any atom is 0.326 e. The molecule has 0 aliphatic rings. The highest BCUT2D eigenvalue weighted by atomic mass is 35.5. The summed E-state index contributed by atoms with van der Waals surface area (Å²) in [6.45, 7) is 3.82. The number of nitrogens with zero attached hydrogens (tertiary/aromatic N) is 1. The predicted octanol–water partition coefficient (Wildman–Crippen LogP) is 3.54. The molecule has 0 saturated heterocycles. The van der Waals surface area contributed by atoms with Gasteiger partial charge < -0.3 is 14.8 Å². The number of rotatable bonds is 8. The molecule has 2 rings (SSSR count). The Hall–Kier alpha value is -2.34. The number of carbonyl (C=O) groups excluding carboxylic acids is 1. The van der Waals surface area contributed by atoms with Gasteiger partial charge in [-0.2, -0.15) is 0 Å². The van der Waals surface area contributed by atoms with E-state index in [0.29, 0.717) is 29.5 Å². The van der Waals surface area contributed by atoms with E-state index in [2.05, 4.69) is 10.3 Å². The molecule has 0 aliphatic heterocycles. The van der Waals surface area contributed by atoms with Crippen molar-refractivity contribution in [1.29, 1.82) is 0 Å². The maximum absolute atomic E-state index is 12.0. The molecule has 1 heterocycles. The molecular weight excluding hydrogens is 344 g/mol. The van der Waals surface area contributed by atoms with Gasteiger partial charge in [-0.1, -0.05) is 25.4 Å². The van der Waals surface area contributed by atoms with Crippen LogP contribution in [-0.2, 0) is 16.0 Å². The Morgan fingerprint density at radius 2 is 1.96 bits per heavy atom. The molecule has 1 aromatic carbocycles. The highest BCUT2D eigenvalue weighted by molar-refractivity contribution is 6.30. The van der Waals surface area contributed by atoms with Crippen molar-refractivity contribution < 1.29 is 19.1 Å². The average molecular weight is 365 g/mol. The summed E-state index contributed by atoms with van der Waals surface area (Å²) >= 11 is 5.85. The van der Waals surface area contributed by atoms with Crippen LogP contribution in [0.3, 0.4) is 0 Å². The van der Waals surface area contributed by atoms with E-state index in [9.17, 15) is 9.59 Å². The van der Waals surface area contributed by atoms with Crippen LogP contribution in [0.4, 0.5) is 0 Å². The van der Waals surface area contributed by atoms with Crippen LogP contribution >= 0.6 is 11.6 Å². The second-order valence-electron chi connectivity index (χ2n) is 6.21. The third-order valence-corrected chi connectivity index (χ3v) is 3.84. The maximum atomic E-state index is 12.0. The van der Waals surface area contributed by atoms with Crippen molar-refractivity contribution in [3.8, 4) is 11.3 Å². The lowest BCUT2D eigenvalue weighted by molar-refractivity contribution is -0.142. The number of hydrogen-bond donors (Lipinski definition) is 2.